The number of nitrogens with zero attached hydrogens (tertiary/aromatic N) is 2. The minimum absolute atomic E-state index is 0.208. The lowest BCUT2D eigenvalue weighted by atomic mass is 10.0. The summed E-state index contributed by atoms with van der Waals surface area (Å²) >= 11 is 0. The predicted molar refractivity (Wildman–Crippen MR) is 63.3 cm³/mol. The summed E-state index contributed by atoms with van der Waals surface area (Å²) in [5, 5.41) is 12.8. The number of aliphatic hydroxyl groups is 1. The summed E-state index contributed by atoms with van der Waals surface area (Å²) in [4.78, 5) is 15.7. The van der Waals surface area contributed by atoms with Gasteiger partial charge in [0.25, 0.3) is 5.91 Å². The molecule has 94 valence electrons. The highest BCUT2D eigenvalue weighted by molar-refractivity contribution is 5.85. The van der Waals surface area contributed by atoms with Gasteiger partial charge in [-0.2, -0.15) is 0 Å². The molecule has 0 unspecified atom stereocenters. The van der Waals surface area contributed by atoms with Crippen LogP contribution >= 0.6 is 0 Å². The number of aromatic nitrogens is 2. The Morgan fingerprint density at radius 1 is 1.47 bits per heavy atom. The van der Waals surface area contributed by atoms with Gasteiger partial charge in [-0.25, -0.2) is 4.98 Å². The summed E-state index contributed by atoms with van der Waals surface area (Å²) in [7, 11) is 0. The maximum atomic E-state index is 11.7. The van der Waals surface area contributed by atoms with Crippen molar-refractivity contribution in [2.24, 2.45) is 0 Å². The van der Waals surface area contributed by atoms with Crippen molar-refractivity contribution in [2.45, 2.75) is 44.2 Å². The molecule has 0 saturated heterocycles. The third kappa shape index (κ3) is 3.06. The van der Waals surface area contributed by atoms with E-state index in [1.54, 1.807) is 12.5 Å². The third-order valence-corrected chi connectivity index (χ3v) is 3.29. The summed E-state index contributed by atoms with van der Waals surface area (Å²) in [5.41, 5.74) is -1.10. The molecule has 1 amide bonds. The zero-order chi connectivity index (χ0) is 12.1. The monoisotopic (exact) mass is 237 g/mol. The van der Waals surface area contributed by atoms with Gasteiger partial charge in [0, 0.05) is 25.5 Å². The van der Waals surface area contributed by atoms with Crippen molar-refractivity contribution in [3.63, 3.8) is 0 Å². The molecule has 1 aromatic rings. The van der Waals surface area contributed by atoms with Crippen molar-refractivity contribution in [3.05, 3.63) is 18.7 Å². The number of hydrogen-bond donors (Lipinski definition) is 2. The number of amides is 1. The quantitative estimate of drug-likeness (QED) is 0.741. The smallest absolute Gasteiger partial charge is 0.251 e. The molecule has 1 heterocycles. The summed E-state index contributed by atoms with van der Waals surface area (Å²) in [6.07, 6.45) is 9.31. The van der Waals surface area contributed by atoms with Crippen molar-refractivity contribution in [1.29, 1.82) is 0 Å². The van der Waals surface area contributed by atoms with Crippen LogP contribution in [0, 0.1) is 0 Å². The standard InChI is InChI=1S/C12H19N3O2/c16-11(12(17)4-1-2-5-12)14-6-3-8-15-9-7-13-10-15/h7,9-10,17H,1-6,8H2,(H,14,16). The van der Waals surface area contributed by atoms with Crippen molar-refractivity contribution in [2.75, 3.05) is 6.54 Å². The first-order valence-electron chi connectivity index (χ1n) is 6.17. The Morgan fingerprint density at radius 3 is 2.88 bits per heavy atom. The van der Waals surface area contributed by atoms with Crippen molar-refractivity contribution >= 4 is 5.91 Å². The molecule has 2 N–H and O–H groups in total. The number of aryl methyl sites for hydroxylation is 1. The molecule has 0 atom stereocenters. The molecule has 0 aromatic carbocycles. The number of imidazole rings is 1. The summed E-state index contributed by atoms with van der Waals surface area (Å²) in [5.74, 6) is -0.208. The van der Waals surface area contributed by atoms with Gasteiger partial charge in [0.1, 0.15) is 5.60 Å². The Hall–Kier alpha value is -1.36. The first-order chi connectivity index (χ1) is 8.21. The SMILES string of the molecule is O=C(NCCCn1ccnc1)C1(O)CCCC1. The number of nitrogens with one attached hydrogen (secondary N) is 1. The summed E-state index contributed by atoms with van der Waals surface area (Å²) in [6, 6.07) is 0. The fourth-order valence-corrected chi connectivity index (χ4v) is 2.23. The predicted octanol–water partition coefficient (Wildman–Crippen LogP) is 0.694. The Bertz CT molecular complexity index is 356. The zero-order valence-corrected chi connectivity index (χ0v) is 9.93. The minimum atomic E-state index is -1.10. The average molecular weight is 237 g/mol. The van der Waals surface area contributed by atoms with E-state index >= 15 is 0 Å². The van der Waals surface area contributed by atoms with Crippen LogP contribution < -0.4 is 5.32 Å². The third-order valence-electron chi connectivity index (χ3n) is 3.29. The highest BCUT2D eigenvalue weighted by atomic mass is 16.3. The maximum Gasteiger partial charge on any atom is 0.251 e. The molecule has 0 bridgehead atoms. The largest absolute Gasteiger partial charge is 0.380 e. The first kappa shape index (κ1) is 12.1. The molecule has 17 heavy (non-hydrogen) atoms. The van der Waals surface area contributed by atoms with Crippen LogP contribution in [0.1, 0.15) is 32.1 Å². The van der Waals surface area contributed by atoms with E-state index in [-0.39, 0.29) is 5.91 Å². The normalized spacial score (nSPS) is 18.2. The van der Waals surface area contributed by atoms with Crippen LogP contribution in [0.15, 0.2) is 18.7 Å². The van der Waals surface area contributed by atoms with E-state index in [1.165, 1.54) is 0 Å². The van der Waals surface area contributed by atoms with E-state index in [0.29, 0.717) is 19.4 Å². The number of hydrogen-bond acceptors (Lipinski definition) is 3. The van der Waals surface area contributed by atoms with Gasteiger partial charge in [0.2, 0.25) is 0 Å². The van der Waals surface area contributed by atoms with E-state index in [2.05, 4.69) is 10.3 Å². The molecule has 1 saturated carbocycles. The Morgan fingerprint density at radius 2 is 2.24 bits per heavy atom. The van der Waals surface area contributed by atoms with E-state index in [1.807, 2.05) is 10.8 Å². The molecule has 0 spiro atoms. The highest BCUT2D eigenvalue weighted by Gasteiger charge is 2.38. The van der Waals surface area contributed by atoms with Gasteiger partial charge in [-0.15, -0.1) is 0 Å². The van der Waals surface area contributed by atoms with Crippen LogP contribution in [0.2, 0.25) is 0 Å². The fraction of sp³-hybridized carbons (Fsp3) is 0.667. The average Bonchev–Trinajstić information content (AvgIpc) is 2.96. The molecule has 1 fully saturated rings. The molecule has 5 nitrogen and oxygen atoms in total. The molecule has 1 aliphatic carbocycles. The fourth-order valence-electron chi connectivity index (χ4n) is 2.23. The molecule has 2 rings (SSSR count). The van der Waals surface area contributed by atoms with Gasteiger partial charge in [0.15, 0.2) is 0 Å². The van der Waals surface area contributed by atoms with Crippen LogP contribution in [-0.2, 0) is 11.3 Å². The maximum absolute atomic E-state index is 11.7. The van der Waals surface area contributed by atoms with Crippen LogP contribution in [0.5, 0.6) is 0 Å². The molecule has 1 aromatic heterocycles. The van der Waals surface area contributed by atoms with Gasteiger partial charge in [0.05, 0.1) is 6.33 Å². The van der Waals surface area contributed by atoms with E-state index in [0.717, 1.165) is 25.8 Å². The molecule has 0 radical (unpaired) electrons. The van der Waals surface area contributed by atoms with E-state index in [9.17, 15) is 9.90 Å². The van der Waals surface area contributed by atoms with Gasteiger partial charge in [-0.05, 0) is 32.1 Å². The molecular weight excluding hydrogens is 218 g/mol. The highest BCUT2D eigenvalue weighted by Crippen LogP contribution is 2.29. The van der Waals surface area contributed by atoms with Gasteiger partial charge in [-0.3, -0.25) is 4.79 Å². The first-order valence-corrected chi connectivity index (χ1v) is 6.17. The Kier molecular flexibility index (Phi) is 3.78. The summed E-state index contributed by atoms with van der Waals surface area (Å²) < 4.78 is 1.97. The second-order valence-corrected chi connectivity index (χ2v) is 4.65. The molecular formula is C12H19N3O2. The lowest BCUT2D eigenvalue weighted by Gasteiger charge is -2.20. The Balaban J connectivity index is 1.66. The van der Waals surface area contributed by atoms with Crippen molar-refractivity contribution in [3.8, 4) is 0 Å². The second kappa shape index (κ2) is 5.31. The Labute approximate surface area is 101 Å². The lowest BCUT2D eigenvalue weighted by Crippen LogP contribution is -2.45. The van der Waals surface area contributed by atoms with Crippen LogP contribution in [0.25, 0.3) is 0 Å². The molecule has 1 aliphatic rings. The lowest BCUT2D eigenvalue weighted by molar-refractivity contribution is -0.139. The number of carbonyl (C=O) groups excluding carboxylic acids is 1. The van der Waals surface area contributed by atoms with E-state index < -0.39 is 5.60 Å². The van der Waals surface area contributed by atoms with Crippen molar-refractivity contribution in [1.82, 2.24) is 14.9 Å². The molecule has 5 heteroatoms. The van der Waals surface area contributed by atoms with Crippen LogP contribution in [0.3, 0.4) is 0 Å². The van der Waals surface area contributed by atoms with E-state index in [4.69, 9.17) is 0 Å². The van der Waals surface area contributed by atoms with Gasteiger partial charge >= 0.3 is 0 Å². The summed E-state index contributed by atoms with van der Waals surface area (Å²) in [6.45, 7) is 1.43. The van der Waals surface area contributed by atoms with Gasteiger partial charge in [-0.1, -0.05) is 0 Å². The topological polar surface area (TPSA) is 67.2 Å². The second-order valence-electron chi connectivity index (χ2n) is 4.65. The molecule has 0 aliphatic heterocycles. The van der Waals surface area contributed by atoms with Crippen LogP contribution in [0.4, 0.5) is 0 Å². The number of rotatable bonds is 5. The minimum Gasteiger partial charge on any atom is -0.380 e. The van der Waals surface area contributed by atoms with Crippen LogP contribution in [-0.4, -0.2) is 32.7 Å². The zero-order valence-electron chi connectivity index (χ0n) is 9.93. The van der Waals surface area contributed by atoms with Gasteiger partial charge < -0.3 is 15.0 Å². The number of carbonyl (C=O) groups is 1. The van der Waals surface area contributed by atoms with Crippen molar-refractivity contribution < 1.29 is 9.90 Å².